The molecule has 0 fully saturated rings. The average molecular weight is 198 g/mol. The molecule has 0 saturated heterocycles. The van der Waals surface area contributed by atoms with E-state index in [1.807, 2.05) is 0 Å². The summed E-state index contributed by atoms with van der Waals surface area (Å²) < 4.78 is 13.1. The van der Waals surface area contributed by atoms with Gasteiger partial charge < -0.3 is 4.98 Å². The monoisotopic (exact) mass is 197 g/mol. The highest BCUT2D eigenvalue weighted by Gasteiger charge is 2.06. The number of fused-ring (bicyclic) bond motifs is 1. The van der Waals surface area contributed by atoms with Crippen LogP contribution in [0, 0.1) is 5.82 Å². The first kappa shape index (κ1) is 8.26. The third-order valence-corrected chi connectivity index (χ3v) is 2.15. The molecule has 1 heterocycles. The fraction of sp³-hybridized carbons (Fsp3) is 0. The second-order valence-electron chi connectivity index (χ2n) is 2.62. The van der Waals surface area contributed by atoms with Crippen LogP contribution in [0.2, 0.25) is 5.02 Å². The van der Waals surface area contributed by atoms with Crippen molar-refractivity contribution in [3.8, 4) is 0 Å². The van der Waals surface area contributed by atoms with E-state index in [1.165, 1.54) is 24.4 Å². The van der Waals surface area contributed by atoms with Crippen LogP contribution in [0.15, 0.2) is 29.2 Å². The zero-order valence-corrected chi connectivity index (χ0v) is 7.23. The molecular weight excluding hydrogens is 193 g/mol. The van der Waals surface area contributed by atoms with Crippen molar-refractivity contribution in [2.75, 3.05) is 0 Å². The van der Waals surface area contributed by atoms with Crippen molar-refractivity contribution in [3.05, 3.63) is 45.6 Å². The number of hydrogen-bond donors (Lipinski definition) is 1. The first-order valence-electron chi connectivity index (χ1n) is 3.65. The average Bonchev–Trinajstić information content (AvgIpc) is 2.12. The maximum Gasteiger partial charge on any atom is 0.257 e. The minimum Gasteiger partial charge on any atom is -0.329 e. The van der Waals surface area contributed by atoms with Crippen molar-refractivity contribution in [2.45, 2.75) is 0 Å². The van der Waals surface area contributed by atoms with Crippen LogP contribution in [-0.2, 0) is 0 Å². The lowest BCUT2D eigenvalue weighted by atomic mass is 10.2. The van der Waals surface area contributed by atoms with E-state index < -0.39 is 5.82 Å². The summed E-state index contributed by atoms with van der Waals surface area (Å²) in [6.45, 7) is 0. The van der Waals surface area contributed by atoms with E-state index in [4.69, 9.17) is 11.6 Å². The van der Waals surface area contributed by atoms with Gasteiger partial charge in [0.2, 0.25) is 0 Å². The molecule has 0 saturated carbocycles. The first-order chi connectivity index (χ1) is 6.20. The summed E-state index contributed by atoms with van der Waals surface area (Å²) in [7, 11) is 0. The van der Waals surface area contributed by atoms with E-state index >= 15 is 0 Å². The molecule has 2 nitrogen and oxygen atoms in total. The standard InChI is InChI=1S/C9H5ClFNO/c10-6-1-2-7(11)5-3-4-12-9(13)8(5)6/h1-4H,(H,12,13). The first-order valence-corrected chi connectivity index (χ1v) is 4.03. The molecule has 0 spiro atoms. The predicted octanol–water partition coefficient (Wildman–Crippen LogP) is 2.32. The summed E-state index contributed by atoms with van der Waals surface area (Å²) >= 11 is 5.75. The molecule has 4 heteroatoms. The van der Waals surface area contributed by atoms with Crippen LogP contribution in [0.5, 0.6) is 0 Å². The molecule has 1 aromatic carbocycles. The van der Waals surface area contributed by atoms with Gasteiger partial charge in [0.1, 0.15) is 5.82 Å². The van der Waals surface area contributed by atoms with E-state index in [-0.39, 0.29) is 21.4 Å². The van der Waals surface area contributed by atoms with Gasteiger partial charge in [-0.2, -0.15) is 0 Å². The molecule has 0 radical (unpaired) electrons. The molecule has 66 valence electrons. The Labute approximate surface area is 78.0 Å². The van der Waals surface area contributed by atoms with Gasteiger partial charge >= 0.3 is 0 Å². The third kappa shape index (κ3) is 1.21. The van der Waals surface area contributed by atoms with Crippen LogP contribution in [0.1, 0.15) is 0 Å². The molecule has 1 N–H and O–H groups in total. The van der Waals surface area contributed by atoms with Crippen molar-refractivity contribution < 1.29 is 4.39 Å². The van der Waals surface area contributed by atoms with Gasteiger partial charge in [0.05, 0.1) is 10.4 Å². The van der Waals surface area contributed by atoms with Crippen LogP contribution >= 0.6 is 11.6 Å². The predicted molar refractivity (Wildman–Crippen MR) is 49.5 cm³/mol. The number of hydrogen-bond acceptors (Lipinski definition) is 1. The molecule has 0 atom stereocenters. The zero-order valence-electron chi connectivity index (χ0n) is 6.47. The lowest BCUT2D eigenvalue weighted by molar-refractivity contribution is 0.639. The Kier molecular flexibility index (Phi) is 1.81. The van der Waals surface area contributed by atoms with Crippen LogP contribution in [0.4, 0.5) is 4.39 Å². The quantitative estimate of drug-likeness (QED) is 0.691. The van der Waals surface area contributed by atoms with Crippen LogP contribution in [-0.4, -0.2) is 4.98 Å². The molecule has 13 heavy (non-hydrogen) atoms. The SMILES string of the molecule is O=c1[nH]ccc2c(F)ccc(Cl)c12. The van der Waals surface area contributed by atoms with Crippen LogP contribution < -0.4 is 5.56 Å². The molecule has 0 bridgehead atoms. The summed E-state index contributed by atoms with van der Waals surface area (Å²) in [4.78, 5) is 13.7. The Balaban J connectivity index is 3.09. The molecule has 0 aliphatic rings. The highest BCUT2D eigenvalue weighted by molar-refractivity contribution is 6.35. The highest BCUT2D eigenvalue weighted by Crippen LogP contribution is 2.21. The molecule has 0 unspecified atom stereocenters. The topological polar surface area (TPSA) is 32.9 Å². The van der Waals surface area contributed by atoms with E-state index in [0.29, 0.717) is 0 Å². The molecule has 0 aliphatic carbocycles. The molecule has 0 amide bonds. The van der Waals surface area contributed by atoms with Crippen LogP contribution in [0.3, 0.4) is 0 Å². The highest BCUT2D eigenvalue weighted by atomic mass is 35.5. The minimum absolute atomic E-state index is 0.198. The second kappa shape index (κ2) is 2.85. The lowest BCUT2D eigenvalue weighted by Gasteiger charge is -1.99. The Bertz CT molecular complexity index is 520. The molecule has 2 aromatic rings. The van der Waals surface area contributed by atoms with Gasteiger partial charge in [0.15, 0.2) is 0 Å². The van der Waals surface area contributed by atoms with Gasteiger partial charge in [0, 0.05) is 11.6 Å². The number of rotatable bonds is 0. The van der Waals surface area contributed by atoms with Crippen molar-refractivity contribution in [1.82, 2.24) is 4.98 Å². The molecule has 0 aliphatic heterocycles. The number of aromatic amines is 1. The van der Waals surface area contributed by atoms with E-state index in [0.717, 1.165) is 0 Å². The Morgan fingerprint density at radius 1 is 1.31 bits per heavy atom. The molecule has 2 rings (SSSR count). The maximum atomic E-state index is 13.1. The molecular formula is C9H5ClFNO. The van der Waals surface area contributed by atoms with Gasteiger partial charge in [-0.1, -0.05) is 11.6 Å². The van der Waals surface area contributed by atoms with Crippen molar-refractivity contribution in [3.63, 3.8) is 0 Å². The number of nitrogens with one attached hydrogen (secondary N) is 1. The normalized spacial score (nSPS) is 10.6. The zero-order chi connectivity index (χ0) is 9.42. The number of pyridine rings is 1. The third-order valence-electron chi connectivity index (χ3n) is 1.83. The Hall–Kier alpha value is -1.35. The van der Waals surface area contributed by atoms with Gasteiger partial charge in [-0.15, -0.1) is 0 Å². The van der Waals surface area contributed by atoms with Crippen LogP contribution in [0.25, 0.3) is 10.8 Å². The fourth-order valence-corrected chi connectivity index (χ4v) is 1.48. The Morgan fingerprint density at radius 2 is 2.08 bits per heavy atom. The maximum absolute atomic E-state index is 13.1. The van der Waals surface area contributed by atoms with Crippen molar-refractivity contribution in [2.24, 2.45) is 0 Å². The Morgan fingerprint density at radius 3 is 2.77 bits per heavy atom. The smallest absolute Gasteiger partial charge is 0.257 e. The largest absolute Gasteiger partial charge is 0.329 e. The number of halogens is 2. The van der Waals surface area contributed by atoms with E-state index in [9.17, 15) is 9.18 Å². The summed E-state index contributed by atoms with van der Waals surface area (Å²) in [6, 6.07) is 4.09. The molecule has 1 aromatic heterocycles. The van der Waals surface area contributed by atoms with Crippen molar-refractivity contribution >= 4 is 22.4 Å². The number of H-pyrrole nitrogens is 1. The van der Waals surface area contributed by atoms with Gasteiger partial charge in [-0.05, 0) is 18.2 Å². The summed E-state index contributed by atoms with van der Waals surface area (Å²) in [5.74, 6) is -0.439. The van der Waals surface area contributed by atoms with Gasteiger partial charge in [-0.25, -0.2) is 4.39 Å². The number of aromatic nitrogens is 1. The second-order valence-corrected chi connectivity index (χ2v) is 3.03. The van der Waals surface area contributed by atoms with Gasteiger partial charge in [-0.3, -0.25) is 4.79 Å². The lowest BCUT2D eigenvalue weighted by Crippen LogP contribution is -2.05. The van der Waals surface area contributed by atoms with Gasteiger partial charge in [0.25, 0.3) is 5.56 Å². The van der Waals surface area contributed by atoms with Crippen molar-refractivity contribution in [1.29, 1.82) is 0 Å². The minimum atomic E-state index is -0.439. The summed E-state index contributed by atoms with van der Waals surface area (Å²) in [6.07, 6.45) is 1.39. The van der Waals surface area contributed by atoms with E-state index in [1.54, 1.807) is 0 Å². The summed E-state index contributed by atoms with van der Waals surface area (Å²) in [5, 5.41) is 0.707. The fourth-order valence-electron chi connectivity index (χ4n) is 1.23. The summed E-state index contributed by atoms with van der Waals surface area (Å²) in [5.41, 5.74) is -0.373. The van der Waals surface area contributed by atoms with E-state index in [2.05, 4.69) is 4.98 Å². The number of benzene rings is 1.